The Kier molecular flexibility index (Phi) is 5.89. The highest BCUT2D eigenvalue weighted by Gasteiger charge is 2.17. The highest BCUT2D eigenvalue weighted by atomic mass is 35.5. The second kappa shape index (κ2) is 8.53. The Morgan fingerprint density at radius 3 is 2.62 bits per heavy atom. The van der Waals surface area contributed by atoms with Crippen LogP contribution in [0, 0.1) is 15.9 Å². The van der Waals surface area contributed by atoms with E-state index in [0.29, 0.717) is 0 Å². The Bertz CT molecular complexity index is 1100. The van der Waals surface area contributed by atoms with Crippen molar-refractivity contribution in [3.05, 3.63) is 81.3 Å². The number of carbonyl (C=O) groups is 2. The summed E-state index contributed by atoms with van der Waals surface area (Å²) in [5.74, 6) is -2.21. The van der Waals surface area contributed by atoms with Gasteiger partial charge in [0.25, 0.3) is 11.6 Å². The fraction of sp³-hybridized carbons (Fsp3) is 0.0526. The van der Waals surface area contributed by atoms with Gasteiger partial charge in [0, 0.05) is 12.1 Å². The second-order valence-electron chi connectivity index (χ2n) is 5.69. The summed E-state index contributed by atoms with van der Waals surface area (Å²) in [6, 6.07) is 12.1. The number of ether oxygens (including phenoxy) is 1. The van der Waals surface area contributed by atoms with Crippen LogP contribution in [0.15, 0.2) is 59.0 Å². The lowest BCUT2D eigenvalue weighted by atomic mass is 10.1. The maximum atomic E-state index is 13.8. The number of carbonyl (C=O) groups excluding carboxylic acids is 2. The van der Waals surface area contributed by atoms with Gasteiger partial charge in [-0.15, -0.1) is 0 Å². The third kappa shape index (κ3) is 4.77. The van der Waals surface area contributed by atoms with Gasteiger partial charge in [0.15, 0.2) is 6.61 Å². The molecular formula is C19H12ClFN2O6. The zero-order chi connectivity index (χ0) is 21.0. The van der Waals surface area contributed by atoms with Gasteiger partial charge in [0.05, 0.1) is 21.2 Å². The Morgan fingerprint density at radius 2 is 1.93 bits per heavy atom. The van der Waals surface area contributed by atoms with Crippen molar-refractivity contribution in [2.75, 3.05) is 11.9 Å². The smallest absolute Gasteiger partial charge is 0.374 e. The summed E-state index contributed by atoms with van der Waals surface area (Å²) in [4.78, 5) is 34.0. The Morgan fingerprint density at radius 1 is 1.17 bits per heavy atom. The van der Waals surface area contributed by atoms with Crippen molar-refractivity contribution in [1.29, 1.82) is 0 Å². The van der Waals surface area contributed by atoms with E-state index >= 15 is 0 Å². The third-order valence-electron chi connectivity index (χ3n) is 3.72. The average Bonchev–Trinajstić information content (AvgIpc) is 3.18. The number of benzene rings is 2. The standard InChI is InChI=1S/C19H12ClFN2O6/c20-13-9-11(23(26)27)5-6-15(13)22-18(24)10-28-19(25)17-8-7-16(29-17)12-3-1-2-4-14(12)21/h1-9H,10H2,(H,22,24). The minimum absolute atomic E-state index is 0.0422. The molecule has 0 fully saturated rings. The molecule has 0 saturated heterocycles. The molecule has 0 atom stereocenters. The van der Waals surface area contributed by atoms with Crippen LogP contribution >= 0.6 is 11.6 Å². The topological polar surface area (TPSA) is 112 Å². The van der Waals surface area contributed by atoms with E-state index in [1.165, 1.54) is 42.5 Å². The molecule has 0 aliphatic heterocycles. The number of nitro groups is 1. The molecule has 0 aliphatic rings. The molecule has 10 heteroatoms. The van der Waals surface area contributed by atoms with Crippen molar-refractivity contribution in [2.24, 2.45) is 0 Å². The second-order valence-corrected chi connectivity index (χ2v) is 6.10. The lowest BCUT2D eigenvalue weighted by Gasteiger charge is -2.07. The van der Waals surface area contributed by atoms with Gasteiger partial charge >= 0.3 is 5.97 Å². The predicted molar refractivity (Wildman–Crippen MR) is 101 cm³/mol. The van der Waals surface area contributed by atoms with Crippen LogP contribution in [0.25, 0.3) is 11.3 Å². The first-order valence-corrected chi connectivity index (χ1v) is 8.48. The van der Waals surface area contributed by atoms with Gasteiger partial charge in [0.1, 0.15) is 11.6 Å². The summed E-state index contributed by atoms with van der Waals surface area (Å²) in [5, 5.41) is 13.0. The molecule has 0 aliphatic carbocycles. The number of hydrogen-bond donors (Lipinski definition) is 1. The number of nitrogens with zero attached hydrogens (tertiary/aromatic N) is 1. The van der Waals surface area contributed by atoms with E-state index in [0.717, 1.165) is 6.07 Å². The molecule has 148 valence electrons. The number of esters is 1. The molecule has 0 spiro atoms. The summed E-state index contributed by atoms with van der Waals surface area (Å²) in [5.41, 5.74) is 0.0677. The molecule has 0 radical (unpaired) electrons. The molecule has 1 amide bonds. The summed E-state index contributed by atoms with van der Waals surface area (Å²) >= 11 is 5.88. The number of halogens is 2. The largest absolute Gasteiger partial charge is 0.450 e. The number of nitro benzene ring substituents is 1. The maximum Gasteiger partial charge on any atom is 0.374 e. The van der Waals surface area contributed by atoms with E-state index in [1.807, 2.05) is 0 Å². The van der Waals surface area contributed by atoms with E-state index in [2.05, 4.69) is 5.32 Å². The first kappa shape index (κ1) is 20.0. The summed E-state index contributed by atoms with van der Waals surface area (Å²) < 4.78 is 23.9. The fourth-order valence-electron chi connectivity index (χ4n) is 2.36. The summed E-state index contributed by atoms with van der Waals surface area (Å²) in [6.07, 6.45) is 0. The van der Waals surface area contributed by atoms with Crippen molar-refractivity contribution in [1.82, 2.24) is 0 Å². The number of hydrogen-bond acceptors (Lipinski definition) is 6. The highest BCUT2D eigenvalue weighted by molar-refractivity contribution is 6.34. The monoisotopic (exact) mass is 418 g/mol. The van der Waals surface area contributed by atoms with Crippen LogP contribution in [0.2, 0.25) is 5.02 Å². The van der Waals surface area contributed by atoms with Gasteiger partial charge < -0.3 is 14.5 Å². The molecule has 1 aromatic heterocycles. The molecule has 0 saturated carbocycles. The molecule has 1 N–H and O–H groups in total. The number of rotatable bonds is 6. The zero-order valence-electron chi connectivity index (χ0n) is 14.6. The third-order valence-corrected chi connectivity index (χ3v) is 4.03. The van der Waals surface area contributed by atoms with E-state index in [9.17, 15) is 24.1 Å². The van der Waals surface area contributed by atoms with Gasteiger partial charge in [0.2, 0.25) is 5.76 Å². The number of furan rings is 1. The minimum atomic E-state index is -0.919. The Labute approximate surface area is 168 Å². The van der Waals surface area contributed by atoms with Crippen molar-refractivity contribution >= 4 is 34.9 Å². The van der Waals surface area contributed by atoms with Crippen LogP contribution in [0.1, 0.15) is 10.6 Å². The molecule has 3 rings (SSSR count). The van der Waals surface area contributed by atoms with E-state index in [4.69, 9.17) is 20.8 Å². The van der Waals surface area contributed by atoms with E-state index in [1.54, 1.807) is 6.07 Å². The molecule has 2 aromatic carbocycles. The van der Waals surface area contributed by atoms with Crippen LogP contribution in [0.3, 0.4) is 0 Å². The van der Waals surface area contributed by atoms with Crippen LogP contribution in [0.5, 0.6) is 0 Å². The molecule has 0 unspecified atom stereocenters. The van der Waals surface area contributed by atoms with Gasteiger partial charge in [-0.1, -0.05) is 23.7 Å². The van der Waals surface area contributed by atoms with Crippen LogP contribution in [0.4, 0.5) is 15.8 Å². The highest BCUT2D eigenvalue weighted by Crippen LogP contribution is 2.27. The van der Waals surface area contributed by atoms with Crippen molar-refractivity contribution < 1.29 is 28.1 Å². The number of nitrogens with one attached hydrogen (secondary N) is 1. The lowest BCUT2D eigenvalue weighted by Crippen LogP contribution is -2.21. The number of anilines is 1. The molecular weight excluding hydrogens is 407 g/mol. The van der Waals surface area contributed by atoms with Crippen LogP contribution in [-0.4, -0.2) is 23.4 Å². The van der Waals surface area contributed by atoms with Crippen LogP contribution < -0.4 is 5.32 Å². The van der Waals surface area contributed by atoms with E-state index < -0.39 is 29.2 Å². The van der Waals surface area contributed by atoms with Crippen molar-refractivity contribution in [3.63, 3.8) is 0 Å². The molecule has 8 nitrogen and oxygen atoms in total. The normalized spacial score (nSPS) is 10.4. The molecule has 29 heavy (non-hydrogen) atoms. The van der Waals surface area contributed by atoms with Gasteiger partial charge in [-0.25, -0.2) is 9.18 Å². The minimum Gasteiger partial charge on any atom is -0.450 e. The zero-order valence-corrected chi connectivity index (χ0v) is 15.3. The summed E-state index contributed by atoms with van der Waals surface area (Å²) in [6.45, 7) is -0.651. The fourth-order valence-corrected chi connectivity index (χ4v) is 2.58. The summed E-state index contributed by atoms with van der Waals surface area (Å²) in [7, 11) is 0. The van der Waals surface area contributed by atoms with Gasteiger partial charge in [-0.3, -0.25) is 14.9 Å². The number of non-ortho nitro benzene ring substituents is 1. The predicted octanol–water partition coefficient (Wildman–Crippen LogP) is 4.44. The van der Waals surface area contributed by atoms with Crippen molar-refractivity contribution in [3.8, 4) is 11.3 Å². The molecule has 0 bridgehead atoms. The van der Waals surface area contributed by atoms with Gasteiger partial charge in [-0.2, -0.15) is 0 Å². The van der Waals surface area contributed by atoms with Crippen molar-refractivity contribution in [2.45, 2.75) is 0 Å². The molecule has 3 aromatic rings. The Balaban J connectivity index is 1.59. The average molecular weight is 419 g/mol. The SMILES string of the molecule is O=C(COC(=O)c1ccc(-c2ccccc2F)o1)Nc1ccc([N+](=O)[O-])cc1Cl. The first-order valence-electron chi connectivity index (χ1n) is 8.11. The van der Waals surface area contributed by atoms with E-state index in [-0.39, 0.29) is 33.5 Å². The maximum absolute atomic E-state index is 13.8. The lowest BCUT2D eigenvalue weighted by molar-refractivity contribution is -0.384. The molecule has 1 heterocycles. The Hall–Kier alpha value is -3.72. The quantitative estimate of drug-likeness (QED) is 0.360. The van der Waals surface area contributed by atoms with Crippen LogP contribution in [-0.2, 0) is 9.53 Å². The van der Waals surface area contributed by atoms with Gasteiger partial charge in [-0.05, 0) is 30.3 Å². The number of amides is 1. The first-order chi connectivity index (χ1) is 13.8.